The summed E-state index contributed by atoms with van der Waals surface area (Å²) in [6.07, 6.45) is 9.52. The van der Waals surface area contributed by atoms with E-state index in [1.54, 1.807) is 0 Å². The Hall–Kier alpha value is -0.343. The number of hydrogen-bond donors (Lipinski definition) is 1. The first-order valence-electron chi connectivity index (χ1n) is 7.98. The molecule has 0 aromatic carbocycles. The van der Waals surface area contributed by atoms with Crippen molar-refractivity contribution in [1.29, 1.82) is 0 Å². The first-order valence-corrected chi connectivity index (χ1v) is 10.9. The summed E-state index contributed by atoms with van der Waals surface area (Å²) in [5.74, 6) is 0. The van der Waals surface area contributed by atoms with Crippen molar-refractivity contribution in [2.24, 2.45) is 0 Å². The fourth-order valence-electron chi connectivity index (χ4n) is 4.01. The molecule has 2 aliphatic carbocycles. The summed E-state index contributed by atoms with van der Waals surface area (Å²) < 4.78 is 0. The van der Waals surface area contributed by atoms with Gasteiger partial charge in [-0.2, -0.15) is 0 Å². The third-order valence-corrected chi connectivity index (χ3v) is 8.73. The summed E-state index contributed by atoms with van der Waals surface area (Å²) in [6.45, 7) is 14.3. The third kappa shape index (κ3) is 2.62. The summed E-state index contributed by atoms with van der Waals surface area (Å²) in [5.41, 5.74) is 4.59. The van der Waals surface area contributed by atoms with Crippen molar-refractivity contribution in [3.05, 3.63) is 22.8 Å². The maximum Gasteiger partial charge on any atom is 0.0561 e. The second kappa shape index (κ2) is 5.21. The smallest absolute Gasteiger partial charge is 0.0561 e. The van der Waals surface area contributed by atoms with Crippen LogP contribution >= 0.6 is 0 Å². The minimum Gasteiger partial charge on any atom is -0.302 e. The molecular weight excluding hydrogens is 246 g/mol. The molecule has 0 bridgehead atoms. The molecule has 1 unspecified atom stereocenters. The highest BCUT2D eigenvalue weighted by Crippen LogP contribution is 2.39. The summed E-state index contributed by atoms with van der Waals surface area (Å²) >= 11 is 0. The van der Waals surface area contributed by atoms with Crippen molar-refractivity contribution in [3.63, 3.8) is 0 Å². The van der Waals surface area contributed by atoms with Gasteiger partial charge in [-0.3, -0.25) is 0 Å². The topological polar surface area (TPSA) is 12.0 Å². The standard InChI is InChI=1S/C17H31NSi/c1-13-12-16(4,15(3)14(13)2)18-17(19(5)6)10-8-7-9-11-17/h12,18-19H,7-11H2,1-6H3. The van der Waals surface area contributed by atoms with Crippen molar-refractivity contribution >= 4 is 8.80 Å². The molecule has 0 amide bonds. The molecule has 0 spiro atoms. The zero-order valence-electron chi connectivity index (χ0n) is 13.7. The van der Waals surface area contributed by atoms with E-state index in [-0.39, 0.29) is 5.54 Å². The lowest BCUT2D eigenvalue weighted by molar-refractivity contribution is 0.277. The first-order chi connectivity index (χ1) is 8.81. The van der Waals surface area contributed by atoms with Crippen LogP contribution in [0.5, 0.6) is 0 Å². The Morgan fingerprint density at radius 2 is 1.63 bits per heavy atom. The van der Waals surface area contributed by atoms with Crippen LogP contribution in [0.4, 0.5) is 0 Å². The molecule has 2 heteroatoms. The highest BCUT2D eigenvalue weighted by atomic mass is 28.3. The molecular formula is C17H31NSi. The quantitative estimate of drug-likeness (QED) is 0.756. The molecule has 19 heavy (non-hydrogen) atoms. The minimum absolute atomic E-state index is 0.1000. The number of hydrogen-bond acceptors (Lipinski definition) is 1. The van der Waals surface area contributed by atoms with Crippen LogP contribution in [0.3, 0.4) is 0 Å². The molecule has 1 saturated carbocycles. The van der Waals surface area contributed by atoms with Crippen molar-refractivity contribution in [2.75, 3.05) is 0 Å². The molecule has 0 heterocycles. The van der Waals surface area contributed by atoms with E-state index in [1.807, 2.05) is 0 Å². The Morgan fingerprint density at radius 3 is 2.05 bits per heavy atom. The van der Waals surface area contributed by atoms with Gasteiger partial charge >= 0.3 is 0 Å². The van der Waals surface area contributed by atoms with E-state index in [2.05, 4.69) is 52.2 Å². The van der Waals surface area contributed by atoms with Crippen LogP contribution < -0.4 is 5.32 Å². The van der Waals surface area contributed by atoms with Crippen LogP contribution in [0.25, 0.3) is 0 Å². The molecule has 1 fully saturated rings. The average molecular weight is 278 g/mol. The molecule has 1 atom stereocenters. The van der Waals surface area contributed by atoms with E-state index in [1.165, 1.54) is 48.8 Å². The van der Waals surface area contributed by atoms with Gasteiger partial charge in [-0.05, 0) is 51.7 Å². The van der Waals surface area contributed by atoms with Gasteiger partial charge in [0, 0.05) is 5.16 Å². The molecule has 2 rings (SSSR count). The predicted octanol–water partition coefficient (Wildman–Crippen LogP) is 4.36. The van der Waals surface area contributed by atoms with Gasteiger partial charge in [0.1, 0.15) is 0 Å². The van der Waals surface area contributed by atoms with E-state index in [0.29, 0.717) is 5.16 Å². The van der Waals surface area contributed by atoms with E-state index < -0.39 is 8.80 Å². The minimum atomic E-state index is -0.718. The lowest BCUT2D eigenvalue weighted by atomic mass is 9.88. The SMILES string of the molecule is CC1=CC(C)(NC2([SiH](C)C)CCCCC2)C(C)=C1C. The zero-order valence-corrected chi connectivity index (χ0v) is 14.8. The van der Waals surface area contributed by atoms with Gasteiger partial charge in [0.2, 0.25) is 0 Å². The van der Waals surface area contributed by atoms with Crippen molar-refractivity contribution < 1.29 is 0 Å². The Labute approximate surface area is 121 Å². The summed E-state index contributed by atoms with van der Waals surface area (Å²) in [5, 5.41) is 4.61. The van der Waals surface area contributed by atoms with Crippen LogP contribution in [0, 0.1) is 0 Å². The molecule has 0 aromatic rings. The number of rotatable bonds is 3. The Balaban J connectivity index is 2.28. The van der Waals surface area contributed by atoms with Crippen LogP contribution in [0.1, 0.15) is 59.8 Å². The van der Waals surface area contributed by atoms with E-state index in [4.69, 9.17) is 0 Å². The molecule has 108 valence electrons. The van der Waals surface area contributed by atoms with E-state index in [9.17, 15) is 0 Å². The molecule has 2 aliphatic rings. The van der Waals surface area contributed by atoms with Crippen LogP contribution in [-0.2, 0) is 0 Å². The normalized spacial score (nSPS) is 31.0. The van der Waals surface area contributed by atoms with Crippen molar-refractivity contribution in [2.45, 2.75) is 83.6 Å². The van der Waals surface area contributed by atoms with Crippen molar-refractivity contribution in [1.82, 2.24) is 5.32 Å². The van der Waals surface area contributed by atoms with Crippen LogP contribution in [-0.4, -0.2) is 19.5 Å². The summed E-state index contributed by atoms with van der Waals surface area (Å²) in [6, 6.07) is 0. The van der Waals surface area contributed by atoms with Gasteiger partial charge in [0.25, 0.3) is 0 Å². The molecule has 0 aromatic heterocycles. The summed E-state index contributed by atoms with van der Waals surface area (Å²) in [7, 11) is -0.718. The lowest BCUT2D eigenvalue weighted by Gasteiger charge is -2.47. The monoisotopic (exact) mass is 277 g/mol. The van der Waals surface area contributed by atoms with Gasteiger partial charge in [-0.15, -0.1) is 0 Å². The van der Waals surface area contributed by atoms with Crippen LogP contribution in [0.2, 0.25) is 13.1 Å². The van der Waals surface area contributed by atoms with E-state index >= 15 is 0 Å². The first kappa shape index (κ1) is 15.1. The molecule has 1 N–H and O–H groups in total. The average Bonchev–Trinajstić information content (AvgIpc) is 2.54. The van der Waals surface area contributed by atoms with Gasteiger partial charge in [0.05, 0.1) is 14.3 Å². The van der Waals surface area contributed by atoms with Crippen molar-refractivity contribution in [3.8, 4) is 0 Å². The largest absolute Gasteiger partial charge is 0.302 e. The highest BCUT2D eigenvalue weighted by Gasteiger charge is 2.42. The number of nitrogens with one attached hydrogen (secondary N) is 1. The van der Waals surface area contributed by atoms with Gasteiger partial charge < -0.3 is 5.32 Å². The fourth-order valence-corrected chi connectivity index (χ4v) is 6.16. The Kier molecular flexibility index (Phi) is 4.13. The predicted molar refractivity (Wildman–Crippen MR) is 88.4 cm³/mol. The molecule has 0 saturated heterocycles. The fraction of sp³-hybridized carbons (Fsp3) is 0.765. The zero-order chi connectivity index (χ0) is 14.3. The van der Waals surface area contributed by atoms with Gasteiger partial charge in [0.15, 0.2) is 0 Å². The second-order valence-corrected chi connectivity index (χ2v) is 10.7. The van der Waals surface area contributed by atoms with Gasteiger partial charge in [-0.25, -0.2) is 0 Å². The van der Waals surface area contributed by atoms with E-state index in [0.717, 1.165) is 0 Å². The molecule has 1 nitrogen and oxygen atoms in total. The lowest BCUT2D eigenvalue weighted by Crippen LogP contribution is -2.63. The van der Waals surface area contributed by atoms with Crippen LogP contribution in [0.15, 0.2) is 22.8 Å². The Bertz CT molecular complexity index is 413. The second-order valence-electron chi connectivity index (χ2n) is 7.28. The molecule has 0 radical (unpaired) electrons. The maximum absolute atomic E-state index is 4.15. The van der Waals surface area contributed by atoms with Gasteiger partial charge in [-0.1, -0.05) is 44.0 Å². The highest BCUT2D eigenvalue weighted by molar-refractivity contribution is 6.59. The third-order valence-electron chi connectivity index (χ3n) is 5.80. The summed E-state index contributed by atoms with van der Waals surface area (Å²) in [4.78, 5) is 0. The maximum atomic E-state index is 4.15. The number of allylic oxidation sites excluding steroid dienone is 2. The molecule has 0 aliphatic heterocycles. The Morgan fingerprint density at radius 1 is 1.05 bits per heavy atom.